The van der Waals surface area contributed by atoms with Gasteiger partial charge in [-0.25, -0.2) is 0 Å². The number of Topliss-reactive ketones (excluding diaryl/α,β-unsaturated/α-hetero) is 1. The lowest BCUT2D eigenvalue weighted by atomic mass is 10.1. The first kappa shape index (κ1) is 13.0. The molecular weight excluding hydrogens is 250 g/mol. The minimum atomic E-state index is -0.0742. The molecule has 1 heterocycles. The van der Waals surface area contributed by atoms with Gasteiger partial charge in [0.15, 0.2) is 5.78 Å². The summed E-state index contributed by atoms with van der Waals surface area (Å²) in [6.07, 6.45) is 0. The maximum atomic E-state index is 12.2. The second kappa shape index (κ2) is 5.91. The van der Waals surface area contributed by atoms with E-state index in [1.54, 1.807) is 23.1 Å². The van der Waals surface area contributed by atoms with E-state index in [9.17, 15) is 9.59 Å². The van der Waals surface area contributed by atoms with Crippen molar-refractivity contribution in [3.05, 3.63) is 29.8 Å². The summed E-state index contributed by atoms with van der Waals surface area (Å²) >= 11 is 1.26. The molecule has 0 aliphatic carbocycles. The lowest BCUT2D eigenvalue weighted by Crippen LogP contribution is -2.30. The number of ether oxygens (including phenoxy) is 1. The van der Waals surface area contributed by atoms with Crippen LogP contribution in [0.1, 0.15) is 17.3 Å². The summed E-state index contributed by atoms with van der Waals surface area (Å²) < 4.78 is 5.42. The molecule has 1 fully saturated rings. The quantitative estimate of drug-likeness (QED) is 0.767. The molecule has 0 spiro atoms. The van der Waals surface area contributed by atoms with Crippen LogP contribution in [0.4, 0.5) is 4.79 Å². The SMILES string of the molecule is CCOc1ccccc1C(=O)CN1CCSC1=O. The van der Waals surface area contributed by atoms with Crippen molar-refractivity contribution in [2.45, 2.75) is 6.92 Å². The average Bonchev–Trinajstić information content (AvgIpc) is 2.76. The highest BCUT2D eigenvalue weighted by Gasteiger charge is 2.24. The van der Waals surface area contributed by atoms with E-state index in [0.717, 1.165) is 5.75 Å². The first-order valence-corrected chi connectivity index (χ1v) is 6.87. The van der Waals surface area contributed by atoms with Crippen LogP contribution < -0.4 is 4.74 Å². The van der Waals surface area contributed by atoms with Crippen molar-refractivity contribution in [2.24, 2.45) is 0 Å². The lowest BCUT2D eigenvalue weighted by Gasteiger charge is -2.15. The fourth-order valence-corrected chi connectivity index (χ4v) is 2.63. The number of para-hydroxylation sites is 1. The van der Waals surface area contributed by atoms with E-state index < -0.39 is 0 Å². The van der Waals surface area contributed by atoms with E-state index in [0.29, 0.717) is 24.5 Å². The molecule has 1 aromatic carbocycles. The van der Waals surface area contributed by atoms with Gasteiger partial charge in [-0.3, -0.25) is 9.59 Å². The number of benzene rings is 1. The zero-order valence-corrected chi connectivity index (χ0v) is 11.0. The summed E-state index contributed by atoms with van der Waals surface area (Å²) in [6.45, 7) is 3.17. The molecule has 0 radical (unpaired) electrons. The second-order valence-corrected chi connectivity index (χ2v) is 4.93. The lowest BCUT2D eigenvalue weighted by molar-refractivity contribution is 0.0952. The van der Waals surface area contributed by atoms with Gasteiger partial charge in [-0.05, 0) is 19.1 Å². The Balaban J connectivity index is 2.10. The van der Waals surface area contributed by atoms with Crippen LogP contribution in [0, 0.1) is 0 Å². The van der Waals surface area contributed by atoms with Gasteiger partial charge in [-0.2, -0.15) is 0 Å². The molecule has 96 valence electrons. The summed E-state index contributed by atoms with van der Waals surface area (Å²) in [7, 11) is 0. The molecule has 2 rings (SSSR count). The van der Waals surface area contributed by atoms with Crippen LogP contribution in [0.15, 0.2) is 24.3 Å². The Hall–Kier alpha value is -1.49. The highest BCUT2D eigenvalue weighted by Crippen LogP contribution is 2.21. The van der Waals surface area contributed by atoms with Gasteiger partial charge in [0.2, 0.25) is 0 Å². The summed E-state index contributed by atoms with van der Waals surface area (Å²) in [5.74, 6) is 1.28. The van der Waals surface area contributed by atoms with E-state index in [2.05, 4.69) is 0 Å². The third-order valence-electron chi connectivity index (χ3n) is 2.67. The largest absolute Gasteiger partial charge is 0.493 e. The van der Waals surface area contributed by atoms with Gasteiger partial charge < -0.3 is 9.64 Å². The molecule has 1 aromatic rings. The van der Waals surface area contributed by atoms with Crippen LogP contribution in [0.2, 0.25) is 0 Å². The van der Waals surface area contributed by atoms with Gasteiger partial charge in [0.05, 0.1) is 18.7 Å². The smallest absolute Gasteiger partial charge is 0.282 e. The van der Waals surface area contributed by atoms with E-state index in [-0.39, 0.29) is 17.6 Å². The number of ketones is 1. The van der Waals surface area contributed by atoms with Crippen LogP contribution >= 0.6 is 11.8 Å². The summed E-state index contributed by atoms with van der Waals surface area (Å²) in [5, 5.41) is -0.0164. The van der Waals surface area contributed by atoms with Gasteiger partial charge in [0, 0.05) is 12.3 Å². The molecule has 18 heavy (non-hydrogen) atoms. The Morgan fingerprint density at radius 2 is 2.22 bits per heavy atom. The molecule has 0 aromatic heterocycles. The van der Waals surface area contributed by atoms with Crippen LogP contribution in [-0.4, -0.2) is 41.4 Å². The molecular formula is C13H15NO3S. The molecule has 1 amide bonds. The number of nitrogens with zero attached hydrogens (tertiary/aromatic N) is 1. The summed E-state index contributed by atoms with van der Waals surface area (Å²) in [5.41, 5.74) is 0.545. The van der Waals surface area contributed by atoms with Gasteiger partial charge >= 0.3 is 0 Å². The number of hydrogen-bond acceptors (Lipinski definition) is 4. The highest BCUT2D eigenvalue weighted by molar-refractivity contribution is 8.13. The Labute approximate surface area is 110 Å². The number of amides is 1. The molecule has 4 nitrogen and oxygen atoms in total. The number of thioether (sulfide) groups is 1. The molecule has 1 aliphatic rings. The molecule has 1 saturated heterocycles. The van der Waals surface area contributed by atoms with Crippen molar-refractivity contribution in [3.63, 3.8) is 0 Å². The van der Waals surface area contributed by atoms with E-state index >= 15 is 0 Å². The van der Waals surface area contributed by atoms with Crippen molar-refractivity contribution >= 4 is 22.8 Å². The van der Waals surface area contributed by atoms with E-state index in [4.69, 9.17) is 4.74 Å². The highest BCUT2D eigenvalue weighted by atomic mass is 32.2. The molecule has 1 aliphatic heterocycles. The van der Waals surface area contributed by atoms with Gasteiger partial charge in [-0.15, -0.1) is 0 Å². The Kier molecular flexibility index (Phi) is 4.25. The first-order valence-electron chi connectivity index (χ1n) is 5.89. The average molecular weight is 265 g/mol. The molecule has 0 saturated carbocycles. The first-order chi connectivity index (χ1) is 8.72. The maximum absolute atomic E-state index is 12.2. The molecule has 0 N–H and O–H groups in total. The zero-order valence-electron chi connectivity index (χ0n) is 10.2. The van der Waals surface area contributed by atoms with Crippen LogP contribution in [0.25, 0.3) is 0 Å². The van der Waals surface area contributed by atoms with Crippen molar-refractivity contribution < 1.29 is 14.3 Å². The van der Waals surface area contributed by atoms with E-state index in [1.165, 1.54) is 11.8 Å². The van der Waals surface area contributed by atoms with Crippen molar-refractivity contribution in [1.82, 2.24) is 4.90 Å². The van der Waals surface area contributed by atoms with Crippen LogP contribution in [0.5, 0.6) is 5.75 Å². The van der Waals surface area contributed by atoms with Crippen LogP contribution in [0.3, 0.4) is 0 Å². The molecule has 0 unspecified atom stereocenters. The van der Waals surface area contributed by atoms with Gasteiger partial charge in [0.1, 0.15) is 5.75 Å². The molecule has 0 atom stereocenters. The zero-order chi connectivity index (χ0) is 13.0. The number of carbonyl (C=O) groups is 2. The fraction of sp³-hybridized carbons (Fsp3) is 0.385. The normalized spacial score (nSPS) is 14.9. The minimum absolute atomic E-state index is 0.0164. The van der Waals surface area contributed by atoms with Crippen molar-refractivity contribution in [3.8, 4) is 5.75 Å². The molecule has 5 heteroatoms. The standard InChI is InChI=1S/C13H15NO3S/c1-2-17-12-6-4-3-5-10(12)11(15)9-14-7-8-18-13(14)16/h3-6H,2,7-9H2,1H3. The monoisotopic (exact) mass is 265 g/mol. The number of rotatable bonds is 5. The Bertz CT molecular complexity index is 461. The number of carbonyl (C=O) groups excluding carboxylic acids is 2. The minimum Gasteiger partial charge on any atom is -0.493 e. The third-order valence-corrected chi connectivity index (χ3v) is 3.56. The van der Waals surface area contributed by atoms with Gasteiger partial charge in [-0.1, -0.05) is 23.9 Å². The Morgan fingerprint density at radius 1 is 1.44 bits per heavy atom. The number of hydrogen-bond donors (Lipinski definition) is 0. The predicted octanol–water partition coefficient (Wildman–Crippen LogP) is 2.44. The second-order valence-electron chi connectivity index (χ2n) is 3.89. The van der Waals surface area contributed by atoms with Crippen molar-refractivity contribution in [1.29, 1.82) is 0 Å². The van der Waals surface area contributed by atoms with Crippen molar-refractivity contribution in [2.75, 3.05) is 25.4 Å². The third kappa shape index (κ3) is 2.85. The summed E-state index contributed by atoms with van der Waals surface area (Å²) in [4.78, 5) is 25.2. The predicted molar refractivity (Wildman–Crippen MR) is 71.4 cm³/mol. The Morgan fingerprint density at radius 3 is 2.89 bits per heavy atom. The van der Waals surface area contributed by atoms with Crippen LogP contribution in [-0.2, 0) is 0 Å². The summed E-state index contributed by atoms with van der Waals surface area (Å²) in [6, 6.07) is 7.15. The maximum Gasteiger partial charge on any atom is 0.282 e. The van der Waals surface area contributed by atoms with E-state index in [1.807, 2.05) is 13.0 Å². The van der Waals surface area contributed by atoms with Gasteiger partial charge in [0.25, 0.3) is 5.24 Å². The topological polar surface area (TPSA) is 46.6 Å². The fourth-order valence-electron chi connectivity index (χ4n) is 1.81. The molecule has 0 bridgehead atoms.